The molecule has 1 aliphatic rings. The Balaban J connectivity index is 1.31. The van der Waals surface area contributed by atoms with Crippen LogP contribution in [0.25, 0.3) is 10.2 Å². The molecule has 0 aliphatic carbocycles. The lowest BCUT2D eigenvalue weighted by atomic mass is 9.99. The number of aryl methyl sites for hydroxylation is 2. The van der Waals surface area contributed by atoms with Crippen LogP contribution >= 0.6 is 11.3 Å². The molecule has 29 heavy (non-hydrogen) atoms. The lowest BCUT2D eigenvalue weighted by Crippen LogP contribution is -2.56. The highest BCUT2D eigenvalue weighted by Gasteiger charge is 2.35. The zero-order valence-corrected chi connectivity index (χ0v) is 17.0. The average molecular weight is 411 g/mol. The van der Waals surface area contributed by atoms with Crippen molar-refractivity contribution in [2.24, 2.45) is 5.92 Å². The molecule has 0 saturated carbocycles. The maximum Gasteiger partial charge on any atom is 0.262 e. The summed E-state index contributed by atoms with van der Waals surface area (Å²) in [5.74, 6) is -0.516. The number of carbonyl (C=O) groups excluding carboxylic acids is 2. The summed E-state index contributed by atoms with van der Waals surface area (Å²) in [7, 11) is 0. The number of likely N-dealkylation sites (tertiary alicyclic amines) is 1. The molecule has 1 N–H and O–H groups in total. The van der Waals surface area contributed by atoms with Crippen LogP contribution in [0.1, 0.15) is 16.1 Å². The van der Waals surface area contributed by atoms with Crippen molar-refractivity contribution >= 4 is 33.4 Å². The molecule has 0 aromatic carbocycles. The number of carbonyl (C=O) groups is 2. The third-order valence-corrected chi connectivity index (χ3v) is 6.06. The van der Waals surface area contributed by atoms with Gasteiger partial charge in [-0.2, -0.15) is 0 Å². The number of hydrogen-bond donors (Lipinski definition) is 1. The van der Waals surface area contributed by atoms with Crippen molar-refractivity contribution in [3.8, 4) is 0 Å². The summed E-state index contributed by atoms with van der Waals surface area (Å²) >= 11 is 1.45. The van der Waals surface area contributed by atoms with E-state index in [0.29, 0.717) is 29.9 Å². The highest BCUT2D eigenvalue weighted by atomic mass is 32.1. The summed E-state index contributed by atoms with van der Waals surface area (Å²) in [6.07, 6.45) is 3.11. The molecule has 0 spiro atoms. The number of aromatic nitrogens is 3. The van der Waals surface area contributed by atoms with Gasteiger partial charge in [0.05, 0.1) is 29.9 Å². The molecule has 1 aliphatic heterocycles. The number of hydrogen-bond acceptors (Lipinski definition) is 6. The van der Waals surface area contributed by atoms with E-state index in [2.05, 4.69) is 15.3 Å². The fourth-order valence-electron chi connectivity index (χ4n) is 3.31. The molecule has 1 fully saturated rings. The number of thiophene rings is 1. The van der Waals surface area contributed by atoms with Crippen LogP contribution in [0.2, 0.25) is 0 Å². The molecule has 9 heteroatoms. The Hall–Kier alpha value is -3.07. The van der Waals surface area contributed by atoms with E-state index in [4.69, 9.17) is 0 Å². The fourth-order valence-corrected chi connectivity index (χ4v) is 4.14. The van der Waals surface area contributed by atoms with E-state index in [1.165, 1.54) is 22.2 Å². The van der Waals surface area contributed by atoms with Crippen LogP contribution in [0.4, 0.5) is 0 Å². The van der Waals surface area contributed by atoms with E-state index in [1.54, 1.807) is 17.2 Å². The summed E-state index contributed by atoms with van der Waals surface area (Å²) in [4.78, 5) is 49.1. The molecule has 3 aromatic rings. The second-order valence-electron chi connectivity index (χ2n) is 7.23. The summed E-state index contributed by atoms with van der Waals surface area (Å²) < 4.78 is 1.33. The first-order valence-electron chi connectivity index (χ1n) is 9.34. The molecule has 4 rings (SSSR count). The van der Waals surface area contributed by atoms with Gasteiger partial charge < -0.3 is 10.2 Å². The lowest BCUT2D eigenvalue weighted by Gasteiger charge is -2.38. The molecule has 0 atom stereocenters. The van der Waals surface area contributed by atoms with Crippen molar-refractivity contribution in [1.29, 1.82) is 0 Å². The predicted molar refractivity (Wildman–Crippen MR) is 110 cm³/mol. The van der Waals surface area contributed by atoms with Crippen molar-refractivity contribution in [1.82, 2.24) is 24.8 Å². The quantitative estimate of drug-likeness (QED) is 0.681. The Morgan fingerprint density at radius 3 is 2.83 bits per heavy atom. The molecule has 0 unspecified atom stereocenters. The van der Waals surface area contributed by atoms with Gasteiger partial charge in [-0.25, -0.2) is 4.98 Å². The van der Waals surface area contributed by atoms with Crippen LogP contribution in [0.15, 0.2) is 35.5 Å². The Kier molecular flexibility index (Phi) is 5.14. The van der Waals surface area contributed by atoms with Crippen LogP contribution in [0.3, 0.4) is 0 Å². The summed E-state index contributed by atoms with van der Waals surface area (Å²) in [6, 6.07) is 5.60. The third kappa shape index (κ3) is 3.91. The van der Waals surface area contributed by atoms with Crippen LogP contribution in [0, 0.1) is 19.8 Å². The Labute approximate surface area is 171 Å². The van der Waals surface area contributed by atoms with E-state index in [0.717, 1.165) is 16.1 Å². The van der Waals surface area contributed by atoms with E-state index in [9.17, 15) is 14.4 Å². The zero-order chi connectivity index (χ0) is 20.5. The highest BCUT2D eigenvalue weighted by Crippen LogP contribution is 2.20. The monoisotopic (exact) mass is 411 g/mol. The van der Waals surface area contributed by atoms with Gasteiger partial charge in [0.1, 0.15) is 11.4 Å². The van der Waals surface area contributed by atoms with Crippen LogP contribution in [-0.4, -0.2) is 44.3 Å². The number of amides is 2. The summed E-state index contributed by atoms with van der Waals surface area (Å²) in [5, 5.41) is 3.41. The fraction of sp³-hybridized carbons (Fsp3) is 0.350. The zero-order valence-electron chi connectivity index (χ0n) is 16.2. The molecule has 1 saturated heterocycles. The largest absolute Gasteiger partial charge is 0.350 e. The summed E-state index contributed by atoms with van der Waals surface area (Å²) in [6.45, 7) is 4.88. The predicted octanol–water partition coefficient (Wildman–Crippen LogP) is 1.24. The number of fused-ring (bicyclic) bond motifs is 1. The molecular formula is C20H21N5O3S. The molecular weight excluding hydrogens is 390 g/mol. The first-order chi connectivity index (χ1) is 13.9. The maximum absolute atomic E-state index is 12.5. The van der Waals surface area contributed by atoms with Gasteiger partial charge in [-0.05, 0) is 31.5 Å². The Bertz CT molecular complexity index is 1150. The van der Waals surface area contributed by atoms with Gasteiger partial charge in [0.15, 0.2) is 0 Å². The SMILES string of the molecule is Cc1cc2c(=O)n(CC(=O)N3CC(C(=O)NCc4ncccc4C)C3)cnc2s1. The minimum absolute atomic E-state index is 0.0713. The van der Waals surface area contributed by atoms with E-state index in [1.807, 2.05) is 26.0 Å². The standard InChI is InChI=1S/C20H21N5O3S/c1-12-4-3-5-21-16(12)7-22-18(27)14-8-24(9-14)17(26)10-25-11-23-19-15(20(25)28)6-13(2)29-19/h3-6,11,14H,7-10H2,1-2H3,(H,22,27). The van der Waals surface area contributed by atoms with Crippen molar-refractivity contribution < 1.29 is 9.59 Å². The second-order valence-corrected chi connectivity index (χ2v) is 8.47. The molecule has 2 amide bonds. The first kappa shape index (κ1) is 19.3. The van der Waals surface area contributed by atoms with Crippen LogP contribution < -0.4 is 10.9 Å². The minimum Gasteiger partial charge on any atom is -0.350 e. The molecule has 0 bridgehead atoms. The van der Waals surface area contributed by atoms with Crippen LogP contribution in [-0.2, 0) is 22.7 Å². The Morgan fingerprint density at radius 1 is 1.28 bits per heavy atom. The number of nitrogens with zero attached hydrogens (tertiary/aromatic N) is 4. The minimum atomic E-state index is -0.236. The van der Waals surface area contributed by atoms with E-state index >= 15 is 0 Å². The normalized spacial score (nSPS) is 14.1. The van der Waals surface area contributed by atoms with E-state index < -0.39 is 0 Å². The molecule has 3 aromatic heterocycles. The summed E-state index contributed by atoms with van der Waals surface area (Å²) in [5.41, 5.74) is 1.64. The molecule has 4 heterocycles. The topological polar surface area (TPSA) is 97.2 Å². The maximum atomic E-state index is 12.5. The van der Waals surface area contributed by atoms with Gasteiger partial charge in [-0.15, -0.1) is 11.3 Å². The lowest BCUT2D eigenvalue weighted by molar-refractivity contribution is -0.143. The first-order valence-corrected chi connectivity index (χ1v) is 10.2. The number of rotatable bonds is 5. The third-order valence-electron chi connectivity index (χ3n) is 5.10. The Morgan fingerprint density at radius 2 is 2.07 bits per heavy atom. The van der Waals surface area contributed by atoms with E-state index in [-0.39, 0.29) is 29.8 Å². The average Bonchev–Trinajstić information content (AvgIpc) is 3.03. The highest BCUT2D eigenvalue weighted by molar-refractivity contribution is 7.18. The van der Waals surface area contributed by atoms with Crippen LogP contribution in [0.5, 0.6) is 0 Å². The smallest absolute Gasteiger partial charge is 0.262 e. The van der Waals surface area contributed by atoms with Crippen molar-refractivity contribution in [3.63, 3.8) is 0 Å². The van der Waals surface area contributed by atoms with Crippen molar-refractivity contribution in [2.75, 3.05) is 13.1 Å². The van der Waals surface area contributed by atoms with Gasteiger partial charge in [-0.3, -0.25) is 23.9 Å². The van der Waals surface area contributed by atoms with Gasteiger partial charge in [-0.1, -0.05) is 6.07 Å². The number of nitrogens with one attached hydrogen (secondary N) is 1. The van der Waals surface area contributed by atoms with Crippen molar-refractivity contribution in [2.45, 2.75) is 26.9 Å². The second kappa shape index (κ2) is 7.75. The number of pyridine rings is 1. The van der Waals surface area contributed by atoms with Gasteiger partial charge >= 0.3 is 0 Å². The van der Waals surface area contributed by atoms with Crippen molar-refractivity contribution in [3.05, 3.63) is 57.2 Å². The van der Waals surface area contributed by atoms with Gasteiger partial charge in [0, 0.05) is 24.2 Å². The van der Waals surface area contributed by atoms with Gasteiger partial charge in [0.2, 0.25) is 11.8 Å². The molecule has 8 nitrogen and oxygen atoms in total. The molecule has 150 valence electrons. The molecule has 0 radical (unpaired) electrons. The van der Waals surface area contributed by atoms with Gasteiger partial charge in [0.25, 0.3) is 5.56 Å².